The number of benzene rings is 1. The molecule has 0 aliphatic heterocycles. The van der Waals surface area contributed by atoms with Crippen LogP contribution in [0.4, 0.5) is 14.6 Å². The minimum Gasteiger partial charge on any atom is -0.390 e. The normalized spacial score (nSPS) is 23.1. The second-order valence-corrected chi connectivity index (χ2v) is 7.69. The van der Waals surface area contributed by atoms with Gasteiger partial charge in [-0.05, 0) is 24.5 Å². The maximum Gasteiger partial charge on any atom is 0.218 e. The first-order chi connectivity index (χ1) is 14.8. The molecule has 10 heteroatoms. The van der Waals surface area contributed by atoms with Crippen LogP contribution in [0.2, 0.25) is 0 Å². The van der Waals surface area contributed by atoms with Crippen LogP contribution in [0.15, 0.2) is 43.0 Å². The van der Waals surface area contributed by atoms with Gasteiger partial charge in [0, 0.05) is 24.0 Å². The van der Waals surface area contributed by atoms with Gasteiger partial charge in [-0.15, -0.1) is 0 Å². The van der Waals surface area contributed by atoms with Crippen LogP contribution in [-0.2, 0) is 6.54 Å². The van der Waals surface area contributed by atoms with Crippen molar-refractivity contribution in [1.82, 2.24) is 19.7 Å². The van der Waals surface area contributed by atoms with Crippen LogP contribution in [0.25, 0.3) is 0 Å². The summed E-state index contributed by atoms with van der Waals surface area (Å²) in [6, 6.07) is 4.28. The summed E-state index contributed by atoms with van der Waals surface area (Å²) in [5.74, 6) is -1.70. The highest BCUT2D eigenvalue weighted by molar-refractivity contribution is 6.10. The molecule has 0 amide bonds. The van der Waals surface area contributed by atoms with Crippen LogP contribution < -0.4 is 5.32 Å². The van der Waals surface area contributed by atoms with Crippen LogP contribution in [0, 0.1) is 17.6 Å². The molecule has 0 bridgehead atoms. The van der Waals surface area contributed by atoms with Gasteiger partial charge in [-0.2, -0.15) is 5.10 Å². The number of rotatable bonds is 6. The fraction of sp³-hybridized carbons (Fsp3) is 0.333. The van der Waals surface area contributed by atoms with Crippen molar-refractivity contribution < 1.29 is 23.8 Å². The zero-order valence-electron chi connectivity index (χ0n) is 16.6. The van der Waals surface area contributed by atoms with E-state index in [9.17, 15) is 23.8 Å². The zero-order valence-corrected chi connectivity index (χ0v) is 16.6. The molecule has 8 nitrogen and oxygen atoms in total. The van der Waals surface area contributed by atoms with Crippen molar-refractivity contribution in [3.05, 3.63) is 71.4 Å². The third kappa shape index (κ3) is 4.30. The fourth-order valence-electron chi connectivity index (χ4n) is 3.72. The molecule has 0 saturated heterocycles. The molecule has 162 valence electrons. The first-order valence-corrected chi connectivity index (χ1v) is 9.78. The van der Waals surface area contributed by atoms with Crippen LogP contribution in [0.5, 0.6) is 0 Å². The van der Waals surface area contributed by atoms with E-state index >= 15 is 0 Å². The van der Waals surface area contributed by atoms with E-state index in [2.05, 4.69) is 20.4 Å². The summed E-state index contributed by atoms with van der Waals surface area (Å²) in [6.07, 6.45) is 2.80. The number of hydrogen-bond acceptors (Lipinski definition) is 7. The monoisotopic (exact) mass is 429 g/mol. The summed E-state index contributed by atoms with van der Waals surface area (Å²) in [7, 11) is 0. The van der Waals surface area contributed by atoms with E-state index in [1.165, 1.54) is 35.5 Å². The lowest BCUT2D eigenvalue weighted by atomic mass is 10.1. The number of nitrogens with zero attached hydrogens (tertiary/aromatic N) is 4. The van der Waals surface area contributed by atoms with Crippen LogP contribution in [-0.4, -0.2) is 54.0 Å². The van der Waals surface area contributed by atoms with Gasteiger partial charge in [0.05, 0.1) is 24.3 Å². The van der Waals surface area contributed by atoms with Gasteiger partial charge in [0.2, 0.25) is 5.78 Å². The van der Waals surface area contributed by atoms with E-state index in [0.29, 0.717) is 6.42 Å². The largest absolute Gasteiger partial charge is 0.390 e. The highest BCUT2D eigenvalue weighted by Gasteiger charge is 2.39. The number of nitrogens with one attached hydrogen (secondary N) is 1. The highest BCUT2D eigenvalue weighted by Crippen LogP contribution is 2.29. The number of hydrogen-bond donors (Lipinski definition) is 3. The zero-order chi connectivity index (χ0) is 22.1. The lowest BCUT2D eigenvalue weighted by molar-refractivity contribution is 0.0210. The van der Waals surface area contributed by atoms with Crippen LogP contribution >= 0.6 is 0 Å². The average Bonchev–Trinajstić information content (AvgIpc) is 3.31. The summed E-state index contributed by atoms with van der Waals surface area (Å²) >= 11 is 0. The van der Waals surface area contributed by atoms with Crippen LogP contribution in [0.3, 0.4) is 0 Å². The Labute approximate surface area is 176 Å². The number of aromatic nitrogens is 4. The first-order valence-electron chi connectivity index (χ1n) is 9.78. The molecule has 0 spiro atoms. The third-order valence-corrected chi connectivity index (χ3v) is 5.47. The van der Waals surface area contributed by atoms with Gasteiger partial charge in [0.1, 0.15) is 35.6 Å². The van der Waals surface area contributed by atoms with Crippen molar-refractivity contribution in [2.45, 2.75) is 38.1 Å². The number of aliphatic hydroxyl groups is 2. The molecule has 4 atom stereocenters. The molecule has 2 aromatic heterocycles. The molecule has 0 unspecified atom stereocenters. The van der Waals surface area contributed by atoms with E-state index in [4.69, 9.17) is 0 Å². The number of aliphatic hydroxyl groups excluding tert-OH is 2. The lowest BCUT2D eigenvalue weighted by Crippen LogP contribution is -2.35. The first kappa shape index (κ1) is 21.0. The number of anilines is 1. The Hall–Kier alpha value is -3.24. The molecule has 3 aromatic rings. The summed E-state index contributed by atoms with van der Waals surface area (Å²) in [5.41, 5.74) is 0.486. The molecule has 1 aliphatic rings. The minimum atomic E-state index is -0.988. The highest BCUT2D eigenvalue weighted by atomic mass is 19.1. The van der Waals surface area contributed by atoms with Gasteiger partial charge < -0.3 is 15.5 Å². The van der Waals surface area contributed by atoms with E-state index in [1.807, 2.05) is 6.92 Å². The molecule has 1 aliphatic carbocycles. The summed E-state index contributed by atoms with van der Waals surface area (Å²) in [5, 5.41) is 27.4. The number of ketones is 1. The molecule has 3 N–H and O–H groups in total. The molecule has 2 heterocycles. The standard InChI is InChI=1S/C21H21F2N5O3/c1-11-6-17(20(31)18(11)29)26-21-14(8-24-10-25-21)19(30)16-4-5-28(27-16)9-12-2-3-13(22)7-15(12)23/h2-5,7-8,10-11,17-18,20,29,31H,6,9H2,1H3,(H,24,25,26)/t11-,17-,18-,20+/m1/s1. The molecule has 0 radical (unpaired) electrons. The van der Waals surface area contributed by atoms with Crippen molar-refractivity contribution in [2.75, 3.05) is 5.32 Å². The van der Waals surface area contributed by atoms with Crippen molar-refractivity contribution in [3.8, 4) is 0 Å². The Balaban J connectivity index is 1.53. The van der Waals surface area contributed by atoms with Crippen molar-refractivity contribution in [2.24, 2.45) is 5.92 Å². The smallest absolute Gasteiger partial charge is 0.218 e. The molecule has 1 aromatic carbocycles. The second kappa shape index (κ2) is 8.48. The predicted octanol–water partition coefficient (Wildman–Crippen LogP) is 1.77. The van der Waals surface area contributed by atoms with Gasteiger partial charge in [0.15, 0.2) is 0 Å². The SMILES string of the molecule is C[C@@H]1C[C@@H](Nc2ncncc2C(=O)c2ccn(Cc3ccc(F)cc3F)n2)[C@H](O)[C@@H]1O. The average molecular weight is 429 g/mol. The van der Waals surface area contributed by atoms with Gasteiger partial charge in [-0.25, -0.2) is 18.7 Å². The lowest BCUT2D eigenvalue weighted by Gasteiger charge is -2.19. The number of carbonyl (C=O) groups excluding carboxylic acids is 1. The van der Waals surface area contributed by atoms with E-state index < -0.39 is 35.7 Å². The summed E-state index contributed by atoms with van der Waals surface area (Å²) < 4.78 is 28.3. The Morgan fingerprint density at radius 2 is 2.06 bits per heavy atom. The van der Waals surface area contributed by atoms with Gasteiger partial charge in [-0.3, -0.25) is 9.48 Å². The Morgan fingerprint density at radius 3 is 2.77 bits per heavy atom. The van der Waals surface area contributed by atoms with Crippen molar-refractivity contribution in [1.29, 1.82) is 0 Å². The Bertz CT molecular complexity index is 1110. The predicted molar refractivity (Wildman–Crippen MR) is 106 cm³/mol. The van der Waals surface area contributed by atoms with Crippen LogP contribution in [0.1, 0.15) is 35.0 Å². The van der Waals surface area contributed by atoms with Crippen molar-refractivity contribution >= 4 is 11.6 Å². The van der Waals surface area contributed by atoms with Crippen molar-refractivity contribution in [3.63, 3.8) is 0 Å². The maximum absolute atomic E-state index is 13.9. The molecular formula is C21H21F2N5O3. The Kier molecular flexibility index (Phi) is 5.75. The number of halogens is 2. The fourth-order valence-corrected chi connectivity index (χ4v) is 3.72. The van der Waals surface area contributed by atoms with Gasteiger partial charge in [0.25, 0.3) is 0 Å². The summed E-state index contributed by atoms with van der Waals surface area (Å²) in [6.45, 7) is 1.86. The minimum absolute atomic E-state index is 0.0276. The molecule has 1 fully saturated rings. The molecule has 1 saturated carbocycles. The van der Waals surface area contributed by atoms with E-state index in [1.54, 1.807) is 0 Å². The quantitative estimate of drug-likeness (QED) is 0.512. The third-order valence-electron chi connectivity index (χ3n) is 5.47. The topological polar surface area (TPSA) is 113 Å². The van der Waals surface area contributed by atoms with E-state index in [-0.39, 0.29) is 35.1 Å². The van der Waals surface area contributed by atoms with E-state index in [0.717, 1.165) is 12.1 Å². The summed E-state index contributed by atoms with van der Waals surface area (Å²) in [4.78, 5) is 21.0. The Morgan fingerprint density at radius 1 is 1.26 bits per heavy atom. The molecular weight excluding hydrogens is 408 g/mol. The van der Waals surface area contributed by atoms with Gasteiger partial charge >= 0.3 is 0 Å². The second-order valence-electron chi connectivity index (χ2n) is 7.69. The maximum atomic E-state index is 13.9. The number of carbonyl (C=O) groups is 1. The molecule has 31 heavy (non-hydrogen) atoms. The van der Waals surface area contributed by atoms with Gasteiger partial charge in [-0.1, -0.05) is 13.0 Å². The molecule has 4 rings (SSSR count).